The molecule has 0 aliphatic rings. The van der Waals surface area contributed by atoms with Crippen molar-refractivity contribution in [2.75, 3.05) is 11.4 Å². The van der Waals surface area contributed by atoms with Crippen LogP contribution in [0.5, 0.6) is 0 Å². The molecule has 0 saturated heterocycles. The van der Waals surface area contributed by atoms with Crippen molar-refractivity contribution in [3.63, 3.8) is 0 Å². The highest BCUT2D eigenvalue weighted by Crippen LogP contribution is 2.35. The van der Waals surface area contributed by atoms with E-state index in [2.05, 4.69) is 4.98 Å². The Labute approximate surface area is 166 Å². The molecule has 0 amide bonds. The Morgan fingerprint density at radius 1 is 1.07 bits per heavy atom. The molecule has 0 radical (unpaired) electrons. The molecule has 2 heterocycles. The average Bonchev–Trinajstić information content (AvgIpc) is 3.31. The minimum absolute atomic E-state index is 0.146. The summed E-state index contributed by atoms with van der Waals surface area (Å²) in [6.07, 6.45) is -4.79. The molecular formula is C19H14F6N4O. The largest absolute Gasteiger partial charge is 0.462 e. The van der Waals surface area contributed by atoms with Gasteiger partial charge < -0.3 is 13.9 Å². The van der Waals surface area contributed by atoms with Gasteiger partial charge in [-0.25, -0.2) is 4.98 Å². The van der Waals surface area contributed by atoms with Gasteiger partial charge in [-0.05, 0) is 30.3 Å². The smallest absolute Gasteiger partial charge is 0.417 e. The van der Waals surface area contributed by atoms with Gasteiger partial charge in [0, 0.05) is 18.1 Å². The van der Waals surface area contributed by atoms with E-state index in [9.17, 15) is 26.3 Å². The molecule has 0 unspecified atom stereocenters. The van der Waals surface area contributed by atoms with E-state index in [1.165, 1.54) is 18.5 Å². The number of hydrogen-bond acceptors (Lipinski definition) is 4. The van der Waals surface area contributed by atoms with E-state index in [4.69, 9.17) is 9.68 Å². The number of aromatic nitrogens is 2. The molecule has 5 nitrogen and oxygen atoms in total. The van der Waals surface area contributed by atoms with Crippen LogP contribution in [0.25, 0.3) is 0 Å². The molecule has 0 saturated carbocycles. The lowest BCUT2D eigenvalue weighted by molar-refractivity contribution is -0.137. The fraction of sp³-hybridized carbons (Fsp3) is 0.263. The molecule has 0 atom stereocenters. The molecule has 1 aromatic carbocycles. The van der Waals surface area contributed by atoms with Crippen LogP contribution in [-0.4, -0.2) is 22.3 Å². The van der Waals surface area contributed by atoms with E-state index in [-0.39, 0.29) is 11.4 Å². The van der Waals surface area contributed by atoms with Crippen LogP contribution < -0.4 is 4.90 Å². The fourth-order valence-electron chi connectivity index (χ4n) is 2.86. The Bertz CT molecular complexity index is 1030. The molecule has 0 spiro atoms. The summed E-state index contributed by atoms with van der Waals surface area (Å²) in [5.74, 6) is 0.595. The Kier molecular flexibility index (Phi) is 5.78. The molecule has 0 bridgehead atoms. The molecule has 2 aromatic heterocycles. The number of hydrogen-bond donors (Lipinski definition) is 0. The third-order valence-corrected chi connectivity index (χ3v) is 4.13. The predicted octanol–water partition coefficient (Wildman–Crippen LogP) is 4.98. The Hall–Kier alpha value is -3.42. The van der Waals surface area contributed by atoms with E-state index in [0.717, 1.165) is 17.0 Å². The molecule has 0 aliphatic heterocycles. The van der Waals surface area contributed by atoms with Crippen molar-refractivity contribution in [2.24, 2.45) is 0 Å². The van der Waals surface area contributed by atoms with Gasteiger partial charge in [0.05, 0.1) is 36.6 Å². The van der Waals surface area contributed by atoms with Gasteiger partial charge in [-0.15, -0.1) is 0 Å². The van der Waals surface area contributed by atoms with Gasteiger partial charge in [0.1, 0.15) is 18.1 Å². The van der Waals surface area contributed by atoms with Crippen LogP contribution in [0.15, 0.2) is 53.5 Å². The highest BCUT2D eigenvalue weighted by atomic mass is 19.4. The Morgan fingerprint density at radius 3 is 2.40 bits per heavy atom. The molecule has 158 valence electrons. The number of alkyl halides is 6. The normalized spacial score (nSPS) is 12.0. The van der Waals surface area contributed by atoms with Crippen molar-refractivity contribution in [3.8, 4) is 6.07 Å². The first-order chi connectivity index (χ1) is 14.0. The van der Waals surface area contributed by atoms with Crippen LogP contribution in [0, 0.1) is 11.3 Å². The average molecular weight is 428 g/mol. The number of benzene rings is 1. The van der Waals surface area contributed by atoms with Crippen LogP contribution >= 0.6 is 0 Å². The zero-order chi connectivity index (χ0) is 21.9. The van der Waals surface area contributed by atoms with E-state index in [0.29, 0.717) is 18.4 Å². The third-order valence-electron chi connectivity index (χ3n) is 4.13. The van der Waals surface area contributed by atoms with Crippen LogP contribution in [0.2, 0.25) is 0 Å². The number of halogens is 6. The van der Waals surface area contributed by atoms with Crippen molar-refractivity contribution in [1.29, 1.82) is 5.26 Å². The maximum absolute atomic E-state index is 13.2. The predicted molar refractivity (Wildman–Crippen MR) is 93.3 cm³/mol. The van der Waals surface area contributed by atoms with Gasteiger partial charge in [-0.2, -0.15) is 31.6 Å². The first-order valence-corrected chi connectivity index (χ1v) is 8.51. The first-order valence-electron chi connectivity index (χ1n) is 8.51. The molecule has 3 rings (SSSR count). The summed E-state index contributed by atoms with van der Waals surface area (Å²) in [6, 6.07) is 6.88. The fourth-order valence-corrected chi connectivity index (χ4v) is 2.86. The quantitative estimate of drug-likeness (QED) is 0.520. The third kappa shape index (κ3) is 5.34. The van der Waals surface area contributed by atoms with Crippen LogP contribution in [0.1, 0.15) is 22.6 Å². The minimum atomic E-state index is -4.88. The zero-order valence-electron chi connectivity index (χ0n) is 15.2. The Morgan fingerprint density at radius 2 is 1.80 bits per heavy atom. The number of imidazole rings is 1. The number of furan rings is 1. The van der Waals surface area contributed by atoms with Gasteiger partial charge >= 0.3 is 12.4 Å². The number of nitriles is 1. The van der Waals surface area contributed by atoms with E-state index in [1.54, 1.807) is 23.0 Å². The van der Waals surface area contributed by atoms with Gasteiger partial charge in [-0.1, -0.05) is 0 Å². The van der Waals surface area contributed by atoms with Crippen LogP contribution in [0.4, 0.5) is 32.0 Å². The number of rotatable bonds is 6. The van der Waals surface area contributed by atoms with Crippen molar-refractivity contribution in [3.05, 3.63) is 71.7 Å². The molecule has 11 heteroatoms. The van der Waals surface area contributed by atoms with Crippen molar-refractivity contribution in [2.45, 2.75) is 25.4 Å². The zero-order valence-corrected chi connectivity index (χ0v) is 15.2. The number of nitrogens with zero attached hydrogens (tertiary/aromatic N) is 4. The van der Waals surface area contributed by atoms with Gasteiger partial charge in [-0.3, -0.25) is 0 Å². The van der Waals surface area contributed by atoms with E-state index < -0.39 is 36.6 Å². The summed E-state index contributed by atoms with van der Waals surface area (Å²) in [5.41, 5.74) is -2.29. The molecular weight excluding hydrogens is 414 g/mol. The highest BCUT2D eigenvalue weighted by molar-refractivity contribution is 5.55. The van der Waals surface area contributed by atoms with Crippen LogP contribution in [0.3, 0.4) is 0 Å². The lowest BCUT2D eigenvalue weighted by atomic mass is 10.1. The maximum atomic E-state index is 13.2. The molecule has 0 aliphatic carbocycles. The standard InChI is InChI=1S/C19H14F6N4O/c20-18(21,22)11-29(14-2-1-13(8-26)17(7-14)19(23,24)25)10-16-4-3-15(30-16)9-28-6-5-27-12-28/h1-7,12H,9-11H2. The lowest BCUT2D eigenvalue weighted by Crippen LogP contribution is -2.34. The van der Waals surface area contributed by atoms with Crippen molar-refractivity contribution >= 4 is 5.69 Å². The van der Waals surface area contributed by atoms with Crippen molar-refractivity contribution < 1.29 is 30.8 Å². The summed E-state index contributed by atoms with van der Waals surface area (Å²) in [4.78, 5) is 4.59. The summed E-state index contributed by atoms with van der Waals surface area (Å²) >= 11 is 0. The molecule has 0 fully saturated rings. The molecule has 30 heavy (non-hydrogen) atoms. The summed E-state index contributed by atoms with van der Waals surface area (Å²) < 4.78 is 86.1. The second-order valence-corrected chi connectivity index (χ2v) is 6.41. The molecule has 3 aromatic rings. The topological polar surface area (TPSA) is 58.0 Å². The highest BCUT2D eigenvalue weighted by Gasteiger charge is 2.36. The maximum Gasteiger partial charge on any atom is 0.417 e. The minimum Gasteiger partial charge on any atom is -0.462 e. The van der Waals surface area contributed by atoms with E-state index in [1.807, 2.05) is 0 Å². The molecule has 0 N–H and O–H groups in total. The van der Waals surface area contributed by atoms with E-state index >= 15 is 0 Å². The van der Waals surface area contributed by atoms with Crippen LogP contribution in [-0.2, 0) is 19.3 Å². The second kappa shape index (κ2) is 8.14. The SMILES string of the molecule is N#Cc1ccc(N(Cc2ccc(Cn3ccnc3)o2)CC(F)(F)F)cc1C(F)(F)F. The lowest BCUT2D eigenvalue weighted by Gasteiger charge is -2.26. The second-order valence-electron chi connectivity index (χ2n) is 6.41. The monoisotopic (exact) mass is 428 g/mol. The summed E-state index contributed by atoms with van der Waals surface area (Å²) in [7, 11) is 0. The summed E-state index contributed by atoms with van der Waals surface area (Å²) in [6.45, 7) is -1.60. The summed E-state index contributed by atoms with van der Waals surface area (Å²) in [5, 5.41) is 8.88. The number of anilines is 1. The Balaban J connectivity index is 1.89. The van der Waals surface area contributed by atoms with Gasteiger partial charge in [0.2, 0.25) is 0 Å². The van der Waals surface area contributed by atoms with Crippen molar-refractivity contribution in [1.82, 2.24) is 9.55 Å². The van der Waals surface area contributed by atoms with Gasteiger partial charge in [0.15, 0.2) is 0 Å². The first kappa shape index (κ1) is 21.3. The van der Waals surface area contributed by atoms with Gasteiger partial charge in [0.25, 0.3) is 0 Å².